The average molecular weight is 1720 g/mol. The maximum Gasteiger partial charge on any atom is 0.123 e. The lowest BCUT2D eigenvalue weighted by Gasteiger charge is -2.17. The standard InChI is InChI=1S/C112H98O17/c113-65-89-42-99(116-67-82-27-11-2-12-28-82)58-100(43-89)124-75-91-45-102(118-69-84-31-15-4-16-32-84)60-108(52-91)126-77-93-47-104(120-71-86-35-19-6-20-36-86)62-110(54-93)128-79-95-49-106(122-73-88-39-23-8-24-40-88)64-112(56-95)129-80-96-50-105(121-72-87-37-21-7-22-38-87)63-111(55-96)127-78-94-48-103(119-70-85-33-17-5-18-34-85)61-109(53-94)125-76-92-46-101(117-68-83-29-13-3-14-30-83)59-107(51-92)123-74-90-41-97(114)57-98(44-90)115-66-81-25-9-1-10-26-81/h1-64,113-114H,65-80H2. The van der Waals surface area contributed by atoms with E-state index < -0.39 is 0 Å². The first-order valence-electron chi connectivity index (χ1n) is 42.7. The monoisotopic (exact) mass is 1710 g/mol. The van der Waals surface area contributed by atoms with Crippen LogP contribution >= 0.6 is 0 Å². The van der Waals surface area contributed by atoms with E-state index in [4.69, 9.17) is 71.1 Å². The smallest absolute Gasteiger partial charge is 0.123 e. The SMILES string of the molecule is OCc1cc(OCc2ccccc2)cc(OCc2cc(OCc3ccccc3)cc(OCc3cc(OCc4ccccc4)cc(OCc4cc(OCc5ccccc5)cc(OCc5cc(OCc6ccccc6)cc(OCc6cc(OCc7ccccc7)cc(OCc7cc(OCc8ccccc8)cc(OCc8cc(O)cc(OCc9ccccc9)c8)c7)c6)c5)c4)c3)c2)c1. The number of aromatic hydroxyl groups is 1. The van der Waals surface area contributed by atoms with Gasteiger partial charge in [-0.3, -0.25) is 0 Å². The summed E-state index contributed by atoms with van der Waals surface area (Å²) in [6.07, 6.45) is 0. The normalized spacial score (nSPS) is 10.9. The summed E-state index contributed by atoms with van der Waals surface area (Å²) in [7, 11) is 0. The van der Waals surface area contributed by atoms with Crippen LogP contribution in [-0.2, 0) is 106 Å². The Hall–Kier alpha value is -15.7. The van der Waals surface area contributed by atoms with Crippen LogP contribution in [-0.4, -0.2) is 10.2 Å². The molecule has 17 heteroatoms. The molecule has 0 aliphatic carbocycles. The molecule has 129 heavy (non-hydrogen) atoms. The summed E-state index contributed by atoms with van der Waals surface area (Å²) in [5.41, 5.74) is 14.1. The number of phenolic OH excluding ortho intramolecular Hbond substituents is 1. The maximum atomic E-state index is 10.8. The van der Waals surface area contributed by atoms with Gasteiger partial charge in [-0.1, -0.05) is 243 Å². The molecule has 0 saturated carbocycles. The van der Waals surface area contributed by atoms with E-state index in [0.717, 1.165) is 77.9 Å². The van der Waals surface area contributed by atoms with Crippen LogP contribution in [0.1, 0.15) is 89.0 Å². The van der Waals surface area contributed by atoms with E-state index in [1.807, 2.05) is 370 Å². The van der Waals surface area contributed by atoms with Gasteiger partial charge in [-0.05, 0) is 186 Å². The Kier molecular flexibility index (Phi) is 30.4. The third-order valence-electron chi connectivity index (χ3n) is 20.5. The third-order valence-corrected chi connectivity index (χ3v) is 20.5. The Morgan fingerprint density at radius 1 is 0.124 bits per heavy atom. The van der Waals surface area contributed by atoms with Gasteiger partial charge >= 0.3 is 0 Å². The van der Waals surface area contributed by atoms with Crippen molar-refractivity contribution in [1.29, 1.82) is 0 Å². The minimum absolute atomic E-state index is 0.0623. The third kappa shape index (κ3) is 27.9. The van der Waals surface area contributed by atoms with Crippen LogP contribution in [0.3, 0.4) is 0 Å². The predicted molar refractivity (Wildman–Crippen MR) is 496 cm³/mol. The fourth-order valence-electron chi connectivity index (χ4n) is 14.1. The molecule has 0 saturated heterocycles. The Labute approximate surface area is 751 Å². The molecule has 0 atom stereocenters. The molecule has 0 aromatic heterocycles. The molecule has 17 nitrogen and oxygen atoms in total. The molecule has 0 aliphatic rings. The van der Waals surface area contributed by atoms with E-state index in [2.05, 4.69) is 0 Å². The Balaban J connectivity index is 0.637. The van der Waals surface area contributed by atoms with Crippen molar-refractivity contribution in [2.75, 3.05) is 0 Å². The maximum absolute atomic E-state index is 10.8. The van der Waals surface area contributed by atoms with Crippen molar-refractivity contribution in [2.24, 2.45) is 0 Å². The van der Waals surface area contributed by atoms with E-state index >= 15 is 0 Å². The zero-order valence-electron chi connectivity index (χ0n) is 71.3. The molecule has 16 aromatic carbocycles. The number of hydrogen-bond donors (Lipinski definition) is 2. The highest BCUT2D eigenvalue weighted by molar-refractivity contribution is 5.48. The summed E-state index contributed by atoms with van der Waals surface area (Å²) in [6.45, 7) is 3.29. The van der Waals surface area contributed by atoms with Crippen LogP contribution < -0.4 is 71.1 Å². The van der Waals surface area contributed by atoms with Crippen molar-refractivity contribution >= 4 is 0 Å². The van der Waals surface area contributed by atoms with Crippen LogP contribution in [0.5, 0.6) is 92.0 Å². The minimum atomic E-state index is -0.191. The van der Waals surface area contributed by atoms with E-state index in [0.29, 0.717) is 150 Å². The first-order valence-corrected chi connectivity index (χ1v) is 42.7. The summed E-state index contributed by atoms with van der Waals surface area (Å²) < 4.78 is 98.1. The Morgan fingerprint density at radius 2 is 0.240 bits per heavy atom. The van der Waals surface area contributed by atoms with Gasteiger partial charge in [0.25, 0.3) is 0 Å². The zero-order valence-corrected chi connectivity index (χ0v) is 71.3. The Morgan fingerprint density at radius 3 is 0.380 bits per heavy atom. The van der Waals surface area contributed by atoms with E-state index in [1.54, 1.807) is 18.2 Å². The molecule has 0 amide bonds. The highest BCUT2D eigenvalue weighted by Crippen LogP contribution is 2.37. The summed E-state index contributed by atoms with van der Waals surface area (Å²) in [4.78, 5) is 0. The van der Waals surface area contributed by atoms with Gasteiger partial charge in [0.15, 0.2) is 0 Å². The second-order valence-corrected chi connectivity index (χ2v) is 30.9. The number of aliphatic hydroxyl groups is 1. The molecule has 648 valence electrons. The van der Waals surface area contributed by atoms with Crippen LogP contribution in [0, 0.1) is 0 Å². The predicted octanol–water partition coefficient (Wildman–Crippen LogP) is 24.6. The minimum Gasteiger partial charge on any atom is -0.508 e. The number of ether oxygens (including phenoxy) is 15. The van der Waals surface area contributed by atoms with Gasteiger partial charge in [-0.25, -0.2) is 0 Å². The lowest BCUT2D eigenvalue weighted by molar-refractivity contribution is 0.268. The van der Waals surface area contributed by atoms with Gasteiger partial charge in [0.05, 0.1) is 6.61 Å². The molecule has 0 unspecified atom stereocenters. The van der Waals surface area contributed by atoms with Gasteiger partial charge < -0.3 is 81.3 Å². The van der Waals surface area contributed by atoms with Crippen molar-refractivity contribution in [3.8, 4) is 92.0 Å². The molecule has 2 N–H and O–H groups in total. The first-order chi connectivity index (χ1) is 63.6. The van der Waals surface area contributed by atoms with Gasteiger partial charge in [0.1, 0.15) is 191 Å². The molecule has 16 rings (SSSR count). The Bertz CT molecular complexity index is 6110. The highest BCUT2D eigenvalue weighted by Gasteiger charge is 2.18. The second kappa shape index (κ2) is 45.3. The second-order valence-electron chi connectivity index (χ2n) is 30.9. The van der Waals surface area contributed by atoms with Crippen molar-refractivity contribution in [3.63, 3.8) is 0 Å². The number of aliphatic hydroxyl groups excluding tert-OH is 1. The lowest BCUT2D eigenvalue weighted by atomic mass is 10.1. The molecule has 0 aliphatic heterocycles. The van der Waals surface area contributed by atoms with E-state index in [-0.39, 0.29) is 58.6 Å². The van der Waals surface area contributed by atoms with Gasteiger partial charge in [0.2, 0.25) is 0 Å². The van der Waals surface area contributed by atoms with Gasteiger partial charge in [-0.2, -0.15) is 0 Å². The number of rotatable bonds is 46. The number of hydrogen-bond acceptors (Lipinski definition) is 17. The quantitative estimate of drug-likeness (QED) is 0.0368. The lowest BCUT2D eigenvalue weighted by Crippen LogP contribution is -2.04. The summed E-state index contributed by atoms with van der Waals surface area (Å²) >= 11 is 0. The number of benzene rings is 16. The summed E-state index contributed by atoms with van der Waals surface area (Å²) in [6, 6.07) is 125. The number of phenols is 1. The molecule has 16 aromatic rings. The molecule has 0 fully saturated rings. The zero-order chi connectivity index (χ0) is 87.7. The summed E-state index contributed by atoms with van der Waals surface area (Å²) in [5.74, 6) is 8.38. The van der Waals surface area contributed by atoms with Crippen molar-refractivity contribution in [1.82, 2.24) is 0 Å². The van der Waals surface area contributed by atoms with Crippen LogP contribution in [0.2, 0.25) is 0 Å². The largest absolute Gasteiger partial charge is 0.508 e. The highest BCUT2D eigenvalue weighted by atomic mass is 16.5. The fraction of sp³-hybridized carbons (Fsp3) is 0.143. The van der Waals surface area contributed by atoms with E-state index in [9.17, 15) is 10.2 Å². The molecule has 0 heterocycles. The summed E-state index contributed by atoms with van der Waals surface area (Å²) in [5, 5.41) is 21.1. The molecule has 0 bridgehead atoms. The molecule has 0 radical (unpaired) electrons. The van der Waals surface area contributed by atoms with Crippen LogP contribution in [0.4, 0.5) is 0 Å². The van der Waals surface area contributed by atoms with Gasteiger partial charge in [0, 0.05) is 48.5 Å². The molecule has 0 spiro atoms. The fourth-order valence-corrected chi connectivity index (χ4v) is 14.1. The van der Waals surface area contributed by atoms with Crippen molar-refractivity contribution in [3.05, 3.63) is 477 Å². The van der Waals surface area contributed by atoms with Crippen LogP contribution in [0.15, 0.2) is 388 Å². The topological polar surface area (TPSA) is 179 Å². The van der Waals surface area contributed by atoms with E-state index in [1.165, 1.54) is 0 Å². The molecular formula is C112H98O17. The van der Waals surface area contributed by atoms with Gasteiger partial charge in [-0.15, -0.1) is 0 Å². The first kappa shape index (κ1) is 86.8. The van der Waals surface area contributed by atoms with Crippen molar-refractivity contribution in [2.45, 2.75) is 106 Å². The molecular weight excluding hydrogens is 1620 g/mol. The van der Waals surface area contributed by atoms with Crippen molar-refractivity contribution < 1.29 is 81.3 Å². The average Bonchev–Trinajstić information content (AvgIpc) is 0.790. The van der Waals surface area contributed by atoms with Crippen LogP contribution in [0.25, 0.3) is 0 Å².